The average molecular weight is 348 g/mol. The fourth-order valence-corrected chi connectivity index (χ4v) is 4.51. The number of allylic oxidation sites excluding steroid dienone is 2. The molecule has 25 heavy (non-hydrogen) atoms. The molecule has 2 heterocycles. The van der Waals surface area contributed by atoms with Crippen LogP contribution in [-0.4, -0.2) is 25.9 Å². The molecular weight excluding hydrogens is 310 g/mol. The van der Waals surface area contributed by atoms with E-state index < -0.39 is 0 Å². The SMILES string of the molecule is CC(CCNC1=CC=C([C@@H]2CCCC(C)CC2C)CO1)CCC1CO1. The maximum absolute atomic E-state index is 6.01. The van der Waals surface area contributed by atoms with E-state index in [0.717, 1.165) is 43.4 Å². The lowest BCUT2D eigenvalue weighted by Crippen LogP contribution is -2.24. The smallest absolute Gasteiger partial charge is 0.186 e. The fourth-order valence-electron chi connectivity index (χ4n) is 4.51. The van der Waals surface area contributed by atoms with E-state index in [1.807, 2.05) is 0 Å². The van der Waals surface area contributed by atoms with Gasteiger partial charge in [0.2, 0.25) is 0 Å². The highest BCUT2D eigenvalue weighted by molar-refractivity contribution is 5.22. The summed E-state index contributed by atoms with van der Waals surface area (Å²) in [5.74, 6) is 4.09. The average Bonchev–Trinajstić information content (AvgIpc) is 3.42. The van der Waals surface area contributed by atoms with Crippen LogP contribution in [0.15, 0.2) is 23.6 Å². The van der Waals surface area contributed by atoms with Crippen molar-refractivity contribution in [3.05, 3.63) is 23.6 Å². The van der Waals surface area contributed by atoms with E-state index in [1.54, 1.807) is 0 Å². The topological polar surface area (TPSA) is 33.8 Å². The first kappa shape index (κ1) is 18.8. The molecule has 142 valence electrons. The summed E-state index contributed by atoms with van der Waals surface area (Å²) in [7, 11) is 0. The van der Waals surface area contributed by atoms with Crippen LogP contribution in [0.2, 0.25) is 0 Å². The molecule has 3 aliphatic rings. The van der Waals surface area contributed by atoms with Crippen LogP contribution in [0.1, 0.15) is 65.7 Å². The van der Waals surface area contributed by atoms with Gasteiger partial charge in [0, 0.05) is 6.54 Å². The highest BCUT2D eigenvalue weighted by atomic mass is 16.6. The molecule has 0 bridgehead atoms. The molecule has 0 radical (unpaired) electrons. The van der Waals surface area contributed by atoms with Gasteiger partial charge in [-0.2, -0.15) is 0 Å². The Balaban J connectivity index is 1.40. The molecule has 0 spiro atoms. The summed E-state index contributed by atoms with van der Waals surface area (Å²) in [4.78, 5) is 0. The number of epoxide rings is 1. The van der Waals surface area contributed by atoms with Crippen molar-refractivity contribution in [3.63, 3.8) is 0 Å². The second-order valence-corrected chi connectivity index (χ2v) is 8.77. The van der Waals surface area contributed by atoms with Gasteiger partial charge in [0.05, 0.1) is 12.7 Å². The summed E-state index contributed by atoms with van der Waals surface area (Å²) in [6.07, 6.45) is 14.2. The minimum atomic E-state index is 0.567. The highest BCUT2D eigenvalue weighted by Crippen LogP contribution is 2.37. The molecule has 2 aliphatic heterocycles. The third-order valence-corrected chi connectivity index (χ3v) is 6.31. The lowest BCUT2D eigenvalue weighted by Gasteiger charge is -2.28. The largest absolute Gasteiger partial charge is 0.475 e. The van der Waals surface area contributed by atoms with E-state index in [9.17, 15) is 0 Å². The molecule has 3 rings (SSSR count). The molecule has 3 nitrogen and oxygen atoms in total. The number of rotatable bonds is 8. The Kier molecular flexibility index (Phi) is 6.86. The van der Waals surface area contributed by atoms with E-state index in [4.69, 9.17) is 9.47 Å². The van der Waals surface area contributed by atoms with Crippen molar-refractivity contribution in [1.82, 2.24) is 5.32 Å². The van der Waals surface area contributed by atoms with E-state index >= 15 is 0 Å². The number of nitrogens with one attached hydrogen (secondary N) is 1. The van der Waals surface area contributed by atoms with Crippen molar-refractivity contribution in [2.24, 2.45) is 23.7 Å². The molecule has 2 fully saturated rings. The lowest BCUT2D eigenvalue weighted by atomic mass is 9.82. The van der Waals surface area contributed by atoms with E-state index in [-0.39, 0.29) is 0 Å². The molecule has 1 saturated heterocycles. The van der Waals surface area contributed by atoms with Gasteiger partial charge in [-0.3, -0.25) is 0 Å². The van der Waals surface area contributed by atoms with Crippen LogP contribution in [0.3, 0.4) is 0 Å². The first-order valence-electron chi connectivity index (χ1n) is 10.5. The number of hydrogen-bond donors (Lipinski definition) is 1. The monoisotopic (exact) mass is 347 g/mol. The van der Waals surface area contributed by atoms with E-state index in [2.05, 4.69) is 38.2 Å². The molecule has 1 saturated carbocycles. The van der Waals surface area contributed by atoms with Gasteiger partial charge in [0.15, 0.2) is 5.88 Å². The Labute approximate surface area is 154 Å². The second kappa shape index (κ2) is 9.12. The second-order valence-electron chi connectivity index (χ2n) is 8.77. The zero-order valence-corrected chi connectivity index (χ0v) is 16.4. The van der Waals surface area contributed by atoms with Crippen LogP contribution >= 0.6 is 0 Å². The third kappa shape index (κ3) is 6.06. The van der Waals surface area contributed by atoms with E-state index in [1.165, 1.54) is 50.5 Å². The van der Waals surface area contributed by atoms with E-state index in [0.29, 0.717) is 12.0 Å². The van der Waals surface area contributed by atoms with Crippen molar-refractivity contribution < 1.29 is 9.47 Å². The quantitative estimate of drug-likeness (QED) is 0.493. The summed E-state index contributed by atoms with van der Waals surface area (Å²) in [5, 5.41) is 3.47. The molecule has 1 N–H and O–H groups in total. The Morgan fingerprint density at radius 3 is 2.76 bits per heavy atom. The first-order chi connectivity index (χ1) is 12.1. The van der Waals surface area contributed by atoms with Gasteiger partial charge in [-0.15, -0.1) is 0 Å². The predicted octanol–water partition coefficient (Wildman–Crippen LogP) is 5.04. The van der Waals surface area contributed by atoms with Crippen LogP contribution in [0, 0.1) is 23.7 Å². The zero-order chi connectivity index (χ0) is 17.6. The van der Waals surface area contributed by atoms with Gasteiger partial charge in [-0.25, -0.2) is 0 Å². The molecular formula is C22H37NO2. The molecule has 3 heteroatoms. The van der Waals surface area contributed by atoms with Crippen molar-refractivity contribution in [2.45, 2.75) is 71.8 Å². The molecule has 5 atom stereocenters. The maximum atomic E-state index is 6.01. The maximum Gasteiger partial charge on any atom is 0.186 e. The van der Waals surface area contributed by atoms with Crippen molar-refractivity contribution in [3.8, 4) is 0 Å². The summed E-state index contributed by atoms with van der Waals surface area (Å²) in [5.41, 5.74) is 1.50. The third-order valence-electron chi connectivity index (χ3n) is 6.31. The van der Waals surface area contributed by atoms with Crippen LogP contribution < -0.4 is 5.32 Å². The van der Waals surface area contributed by atoms with Crippen LogP contribution in [0.4, 0.5) is 0 Å². The van der Waals surface area contributed by atoms with Crippen molar-refractivity contribution >= 4 is 0 Å². The molecule has 0 aromatic rings. The van der Waals surface area contributed by atoms with Crippen LogP contribution in [-0.2, 0) is 9.47 Å². The van der Waals surface area contributed by atoms with Crippen molar-refractivity contribution in [1.29, 1.82) is 0 Å². The van der Waals surface area contributed by atoms with Gasteiger partial charge in [-0.05, 0) is 67.4 Å². The summed E-state index contributed by atoms with van der Waals surface area (Å²) in [6.45, 7) is 9.94. The number of ether oxygens (including phenoxy) is 2. The summed E-state index contributed by atoms with van der Waals surface area (Å²) in [6, 6.07) is 0. The highest BCUT2D eigenvalue weighted by Gasteiger charge is 2.27. The van der Waals surface area contributed by atoms with Gasteiger partial charge >= 0.3 is 0 Å². The van der Waals surface area contributed by atoms with Gasteiger partial charge in [0.1, 0.15) is 6.61 Å². The van der Waals surface area contributed by atoms with Crippen LogP contribution in [0.25, 0.3) is 0 Å². The predicted molar refractivity (Wildman–Crippen MR) is 103 cm³/mol. The zero-order valence-electron chi connectivity index (χ0n) is 16.4. The summed E-state index contributed by atoms with van der Waals surface area (Å²) < 4.78 is 11.3. The minimum absolute atomic E-state index is 0.567. The Hall–Kier alpha value is -0.960. The first-order valence-corrected chi connectivity index (χ1v) is 10.5. The molecule has 0 aromatic carbocycles. The lowest BCUT2D eigenvalue weighted by molar-refractivity contribution is 0.190. The van der Waals surface area contributed by atoms with Gasteiger partial charge in [-0.1, -0.05) is 39.7 Å². The molecule has 0 amide bonds. The standard InChI is InChI=1S/C22H37NO2/c1-16(7-9-20-15-24-20)11-12-23-22-10-8-19(14-25-22)21-6-4-5-17(2)13-18(21)3/h8,10,16-18,20-21,23H,4-7,9,11-15H2,1-3H3/t16?,17?,18?,20?,21-/m1/s1. The van der Waals surface area contributed by atoms with Crippen molar-refractivity contribution in [2.75, 3.05) is 19.8 Å². The Morgan fingerprint density at radius 1 is 1.20 bits per heavy atom. The summed E-state index contributed by atoms with van der Waals surface area (Å²) >= 11 is 0. The number of hydrogen-bond acceptors (Lipinski definition) is 3. The Morgan fingerprint density at radius 2 is 2.04 bits per heavy atom. The van der Waals surface area contributed by atoms with Gasteiger partial charge < -0.3 is 14.8 Å². The van der Waals surface area contributed by atoms with Gasteiger partial charge in [0.25, 0.3) is 0 Å². The normalized spacial score (nSPS) is 33.6. The minimum Gasteiger partial charge on any atom is -0.475 e. The Bertz CT molecular complexity index is 480. The molecule has 0 aromatic heterocycles. The molecule has 4 unspecified atom stereocenters. The fraction of sp³-hybridized carbons (Fsp3) is 0.818. The van der Waals surface area contributed by atoms with Crippen LogP contribution in [0.5, 0.6) is 0 Å². The molecule has 1 aliphatic carbocycles.